The first-order valence-electron chi connectivity index (χ1n) is 12.0. The van der Waals surface area contributed by atoms with Crippen molar-refractivity contribution in [2.45, 2.75) is 65.6 Å². The quantitative estimate of drug-likeness (QED) is 0.143. The van der Waals surface area contributed by atoms with Gasteiger partial charge in [-0.15, -0.1) is 0 Å². The summed E-state index contributed by atoms with van der Waals surface area (Å²) in [5.74, 6) is -8.20. The molecule has 3 saturated carbocycles. The zero-order chi connectivity index (χ0) is 27.4. The van der Waals surface area contributed by atoms with Crippen molar-refractivity contribution in [2.24, 2.45) is 22.7 Å². The second-order valence-electron chi connectivity index (χ2n) is 10.4. The molecule has 8 heteroatoms. The van der Waals surface area contributed by atoms with E-state index in [1.807, 2.05) is 0 Å². The number of ketones is 4. The van der Waals surface area contributed by atoms with Crippen LogP contribution in [-0.4, -0.2) is 54.8 Å². The minimum atomic E-state index is -2.44. The normalized spacial score (nSPS) is 40.2. The Morgan fingerprint density at radius 1 is 0.972 bits per heavy atom. The monoisotopic (exact) mass is 498 g/mol. The molecule has 4 N–H and O–H groups in total. The van der Waals surface area contributed by atoms with E-state index in [0.717, 1.165) is 13.8 Å². The summed E-state index contributed by atoms with van der Waals surface area (Å²) < 4.78 is 0. The number of rotatable bonds is 6. The topological polar surface area (TPSA) is 149 Å². The van der Waals surface area contributed by atoms with Crippen molar-refractivity contribution in [1.29, 1.82) is 0 Å². The molecule has 0 aromatic rings. The Kier molecular flexibility index (Phi) is 6.70. The lowest BCUT2D eigenvalue weighted by atomic mass is 9.32. The summed E-state index contributed by atoms with van der Waals surface area (Å²) in [4.78, 5) is 55.9. The largest absolute Gasteiger partial charge is 0.509 e. The van der Waals surface area contributed by atoms with Gasteiger partial charge in [-0.05, 0) is 54.0 Å². The zero-order valence-electron chi connectivity index (χ0n) is 21.5. The first-order valence-corrected chi connectivity index (χ1v) is 12.0. The van der Waals surface area contributed by atoms with Crippen molar-refractivity contribution in [3.8, 4) is 0 Å². The van der Waals surface area contributed by atoms with Crippen molar-refractivity contribution in [3.63, 3.8) is 0 Å². The molecule has 0 radical (unpaired) electrons. The van der Waals surface area contributed by atoms with Gasteiger partial charge in [0.15, 0.2) is 17.3 Å². The number of hydrogen-bond acceptors (Lipinski definition) is 8. The van der Waals surface area contributed by atoms with E-state index < -0.39 is 68.5 Å². The van der Waals surface area contributed by atoms with Crippen molar-refractivity contribution < 1.29 is 39.6 Å². The lowest BCUT2D eigenvalue weighted by Gasteiger charge is -2.67. The van der Waals surface area contributed by atoms with Crippen LogP contribution < -0.4 is 0 Å². The number of Topliss-reactive ketones (excluding diaryl/α,β-unsaturated/α-hetero) is 4. The molecule has 3 fully saturated rings. The fourth-order valence-electron chi connectivity index (χ4n) is 6.68. The molecule has 4 aliphatic rings. The summed E-state index contributed by atoms with van der Waals surface area (Å²) in [6, 6.07) is 0. The summed E-state index contributed by atoms with van der Waals surface area (Å²) in [5, 5.41) is 45.0. The van der Waals surface area contributed by atoms with Gasteiger partial charge in [0.25, 0.3) is 0 Å². The highest BCUT2D eigenvalue weighted by atomic mass is 16.3. The van der Waals surface area contributed by atoms with Gasteiger partial charge in [0.1, 0.15) is 39.3 Å². The van der Waals surface area contributed by atoms with Crippen molar-refractivity contribution in [3.05, 3.63) is 59.1 Å². The number of carbonyl (C=O) groups excluding carboxylic acids is 4. The molecule has 4 aliphatic carbocycles. The summed E-state index contributed by atoms with van der Waals surface area (Å²) in [7, 11) is 0. The molecule has 194 valence electrons. The van der Waals surface area contributed by atoms with Crippen LogP contribution in [0.2, 0.25) is 0 Å². The lowest BCUT2D eigenvalue weighted by molar-refractivity contribution is -0.223. The van der Waals surface area contributed by atoms with E-state index in [2.05, 4.69) is 0 Å². The maximum absolute atomic E-state index is 14.0. The molecule has 4 rings (SSSR count). The first-order chi connectivity index (χ1) is 16.6. The number of allylic oxidation sites excluding steroid dienone is 7. The van der Waals surface area contributed by atoms with E-state index in [9.17, 15) is 39.6 Å². The number of carbonyl (C=O) groups is 4. The van der Waals surface area contributed by atoms with E-state index in [1.54, 1.807) is 38.2 Å². The van der Waals surface area contributed by atoms with Gasteiger partial charge >= 0.3 is 0 Å². The molecule has 0 heterocycles. The molecule has 0 spiro atoms. The summed E-state index contributed by atoms with van der Waals surface area (Å²) in [6.45, 7) is 8.19. The highest BCUT2D eigenvalue weighted by molar-refractivity contribution is 6.32. The second-order valence-corrected chi connectivity index (χ2v) is 10.4. The van der Waals surface area contributed by atoms with E-state index in [4.69, 9.17) is 0 Å². The molecule has 36 heavy (non-hydrogen) atoms. The fourth-order valence-corrected chi connectivity index (χ4v) is 6.68. The summed E-state index contributed by atoms with van der Waals surface area (Å²) in [6.07, 6.45) is 9.31. The summed E-state index contributed by atoms with van der Waals surface area (Å²) >= 11 is 0. The summed E-state index contributed by atoms with van der Waals surface area (Å²) in [5.41, 5.74) is -10.1. The van der Waals surface area contributed by atoms with E-state index in [0.29, 0.717) is 0 Å². The van der Waals surface area contributed by atoms with E-state index in [-0.39, 0.29) is 24.0 Å². The second kappa shape index (κ2) is 8.78. The first kappa shape index (κ1) is 27.5. The van der Waals surface area contributed by atoms with Crippen LogP contribution in [0.15, 0.2) is 59.1 Å². The third-order valence-electron chi connectivity index (χ3n) is 8.30. The number of fused-ring (bicyclic) bond motifs is 2. The van der Waals surface area contributed by atoms with Crippen LogP contribution in [0, 0.1) is 22.7 Å². The zero-order valence-corrected chi connectivity index (χ0v) is 21.5. The molecule has 0 amide bonds. The van der Waals surface area contributed by atoms with Gasteiger partial charge in [-0.25, -0.2) is 0 Å². The molecule has 0 aromatic heterocycles. The van der Waals surface area contributed by atoms with E-state index >= 15 is 0 Å². The molecule has 0 aliphatic heterocycles. The molecular weight excluding hydrogens is 464 g/mol. The predicted octanol–water partition coefficient (Wildman–Crippen LogP) is 3.16. The van der Waals surface area contributed by atoms with Crippen LogP contribution in [0.3, 0.4) is 0 Å². The van der Waals surface area contributed by atoms with Crippen LogP contribution in [0.5, 0.6) is 0 Å². The highest BCUT2D eigenvalue weighted by Gasteiger charge is 2.85. The van der Waals surface area contributed by atoms with Crippen molar-refractivity contribution in [2.75, 3.05) is 0 Å². The molecule has 0 saturated heterocycles. The molecule has 0 unspecified atom stereocenters. The SMILES string of the molecule is C/C=C/C=C/C(O)=C1/C(=O)[C@@]2(C)C(=O)[C@](C)(O)[C@@H]1[C@@H]1[C@@]2(C(=O)CC/C=C/C)C(=O)C(C)=C(O)[C@]1(C)O. The third-order valence-corrected chi connectivity index (χ3v) is 8.30. The number of aliphatic hydroxyl groups is 4. The van der Waals surface area contributed by atoms with Gasteiger partial charge in [-0.3, -0.25) is 19.2 Å². The minimum absolute atomic E-state index is 0.214. The van der Waals surface area contributed by atoms with Crippen molar-refractivity contribution >= 4 is 23.1 Å². The van der Waals surface area contributed by atoms with Crippen LogP contribution in [-0.2, 0) is 19.2 Å². The van der Waals surface area contributed by atoms with Gasteiger partial charge in [0.05, 0.1) is 0 Å². The fraction of sp³-hybridized carbons (Fsp3) is 0.500. The van der Waals surface area contributed by atoms with Gasteiger partial charge in [0.2, 0.25) is 0 Å². The standard InChI is InChI=1S/C28H34O8/c1-7-9-11-13-16(29)18-19-20-27(6,36)21(31)15(3)22(32)28(20,17(30)14-12-10-8-2)25(4,23(18)33)24(34)26(19,5)35/h7-11,13,19-20,29,31,35-36H,12,14H2,1-6H3/b9-7+,10-8+,13-11+,18-16-/t19-,20-,25-,26+,27+,28-/m0/s1. The maximum Gasteiger partial charge on any atom is 0.179 e. The Labute approximate surface area is 210 Å². The average Bonchev–Trinajstić information content (AvgIpc) is 2.81. The Morgan fingerprint density at radius 2 is 1.58 bits per heavy atom. The minimum Gasteiger partial charge on any atom is -0.509 e. The third kappa shape index (κ3) is 3.13. The Bertz CT molecular complexity index is 1190. The molecule has 6 atom stereocenters. The van der Waals surface area contributed by atoms with Gasteiger partial charge in [-0.1, -0.05) is 30.4 Å². The predicted molar refractivity (Wildman–Crippen MR) is 132 cm³/mol. The highest BCUT2D eigenvalue weighted by Crippen LogP contribution is 2.70. The van der Waals surface area contributed by atoms with Crippen LogP contribution in [0.4, 0.5) is 0 Å². The maximum atomic E-state index is 14.0. The average molecular weight is 499 g/mol. The Balaban J connectivity index is 2.51. The lowest BCUT2D eigenvalue weighted by Crippen LogP contribution is -2.82. The molecular formula is C28H34O8. The Morgan fingerprint density at radius 3 is 2.14 bits per heavy atom. The van der Waals surface area contributed by atoms with Gasteiger partial charge in [-0.2, -0.15) is 0 Å². The molecule has 0 aromatic carbocycles. The van der Waals surface area contributed by atoms with Crippen LogP contribution in [0.25, 0.3) is 0 Å². The van der Waals surface area contributed by atoms with E-state index in [1.165, 1.54) is 26.0 Å². The van der Waals surface area contributed by atoms with Gasteiger partial charge < -0.3 is 20.4 Å². The smallest absolute Gasteiger partial charge is 0.179 e. The molecule has 2 bridgehead atoms. The Hall–Kier alpha value is -3.10. The van der Waals surface area contributed by atoms with Crippen LogP contribution >= 0.6 is 0 Å². The van der Waals surface area contributed by atoms with Crippen molar-refractivity contribution in [1.82, 2.24) is 0 Å². The number of hydrogen-bond donors (Lipinski definition) is 4. The molecule has 8 nitrogen and oxygen atoms in total. The van der Waals surface area contributed by atoms with Crippen LogP contribution in [0.1, 0.15) is 54.4 Å². The number of aliphatic hydroxyl groups excluding tert-OH is 2. The van der Waals surface area contributed by atoms with Gasteiger partial charge in [0, 0.05) is 29.4 Å².